The van der Waals surface area contributed by atoms with Gasteiger partial charge in [0.15, 0.2) is 0 Å². The predicted molar refractivity (Wildman–Crippen MR) is 203 cm³/mol. The highest BCUT2D eigenvalue weighted by molar-refractivity contribution is 5.76. The van der Waals surface area contributed by atoms with E-state index in [-0.39, 0.29) is 17.9 Å². The Morgan fingerprint density at radius 2 is 0.826 bits per heavy atom. The monoisotopic (exact) mass is 645 g/mol. The molecule has 0 aromatic heterocycles. The fourth-order valence-corrected chi connectivity index (χ4v) is 6.02. The molecule has 270 valence electrons. The molecule has 0 aliphatic heterocycles. The lowest BCUT2D eigenvalue weighted by Crippen LogP contribution is -2.32. The third-order valence-corrected chi connectivity index (χ3v) is 9.12. The molecular formula is C42H80N2O2. The zero-order chi connectivity index (χ0) is 33.6. The molecule has 2 N–H and O–H groups in total. The fraction of sp³-hybridized carbons (Fsp3) is 0.857. The number of allylic oxidation sites excluding steroid dienone is 4. The standard InChI is InChI=1S/C42H80N2O2/c1-4-6-8-10-12-14-16-18-20-22-24-26-28-30-32-37-41(45)43-39-35-34-36-40(3)44-42(46)38-33-31-29-27-25-23-21-19-17-15-13-11-9-7-5-2/h18-21,40H,4-17,22-39H2,1-3H3,(H,43,45)(H,44,46)/b20-18-,21-19-/t40-/m1/s1. The molecule has 0 aromatic rings. The Hall–Kier alpha value is -1.58. The summed E-state index contributed by atoms with van der Waals surface area (Å²) in [5.41, 5.74) is 0. The molecule has 0 heterocycles. The van der Waals surface area contributed by atoms with Gasteiger partial charge in [0, 0.05) is 25.4 Å². The van der Waals surface area contributed by atoms with E-state index in [9.17, 15) is 9.59 Å². The van der Waals surface area contributed by atoms with Crippen molar-refractivity contribution in [1.82, 2.24) is 10.6 Å². The highest BCUT2D eigenvalue weighted by atomic mass is 16.2. The second kappa shape index (κ2) is 37.9. The molecule has 0 saturated carbocycles. The molecule has 0 fully saturated rings. The highest BCUT2D eigenvalue weighted by Gasteiger charge is 2.07. The number of hydrogen-bond acceptors (Lipinski definition) is 2. The number of nitrogens with one attached hydrogen (secondary N) is 2. The van der Waals surface area contributed by atoms with Crippen molar-refractivity contribution >= 4 is 11.8 Å². The SMILES string of the molecule is CCCCCCCC/C=C\CCCCCCCC(=O)NCCCC[C@@H](C)NC(=O)CCCCCCC/C=C\CCCCCCCC. The minimum absolute atomic E-state index is 0.193. The lowest BCUT2D eigenvalue weighted by atomic mass is 10.1. The van der Waals surface area contributed by atoms with Crippen LogP contribution in [0.1, 0.15) is 220 Å². The molecule has 2 amide bonds. The minimum Gasteiger partial charge on any atom is -0.356 e. The van der Waals surface area contributed by atoms with Crippen LogP contribution in [-0.4, -0.2) is 24.4 Å². The zero-order valence-electron chi connectivity index (χ0n) is 31.3. The molecule has 0 spiro atoms. The van der Waals surface area contributed by atoms with Crippen LogP contribution < -0.4 is 10.6 Å². The highest BCUT2D eigenvalue weighted by Crippen LogP contribution is 2.12. The summed E-state index contributed by atoms with van der Waals surface area (Å²) in [5, 5.41) is 6.24. The van der Waals surface area contributed by atoms with Gasteiger partial charge in [0.05, 0.1) is 0 Å². The molecule has 1 atom stereocenters. The lowest BCUT2D eigenvalue weighted by Gasteiger charge is -2.14. The number of hydrogen-bond donors (Lipinski definition) is 2. The zero-order valence-corrected chi connectivity index (χ0v) is 31.3. The van der Waals surface area contributed by atoms with E-state index in [4.69, 9.17) is 0 Å². The van der Waals surface area contributed by atoms with Gasteiger partial charge in [-0.15, -0.1) is 0 Å². The van der Waals surface area contributed by atoms with Gasteiger partial charge in [-0.1, -0.05) is 141 Å². The first-order valence-electron chi connectivity index (χ1n) is 20.5. The summed E-state index contributed by atoms with van der Waals surface area (Å²) in [7, 11) is 0. The maximum Gasteiger partial charge on any atom is 0.220 e. The molecular weight excluding hydrogens is 564 g/mol. The maximum atomic E-state index is 12.3. The fourth-order valence-electron chi connectivity index (χ4n) is 6.02. The summed E-state index contributed by atoms with van der Waals surface area (Å²) in [4.78, 5) is 24.4. The van der Waals surface area contributed by atoms with Gasteiger partial charge in [0.2, 0.25) is 11.8 Å². The Morgan fingerprint density at radius 1 is 0.457 bits per heavy atom. The average molecular weight is 645 g/mol. The summed E-state index contributed by atoms with van der Waals surface area (Å²) < 4.78 is 0. The Balaban J connectivity index is 3.43. The van der Waals surface area contributed by atoms with Gasteiger partial charge in [0.25, 0.3) is 0 Å². The van der Waals surface area contributed by atoms with Crippen molar-refractivity contribution in [2.24, 2.45) is 0 Å². The maximum absolute atomic E-state index is 12.3. The van der Waals surface area contributed by atoms with E-state index in [0.717, 1.165) is 51.5 Å². The van der Waals surface area contributed by atoms with E-state index in [0.29, 0.717) is 12.8 Å². The van der Waals surface area contributed by atoms with Crippen LogP contribution in [-0.2, 0) is 9.59 Å². The first-order chi connectivity index (χ1) is 22.6. The largest absolute Gasteiger partial charge is 0.356 e. The first-order valence-corrected chi connectivity index (χ1v) is 20.5. The Bertz CT molecular complexity index is 702. The van der Waals surface area contributed by atoms with E-state index in [1.807, 2.05) is 0 Å². The van der Waals surface area contributed by atoms with Gasteiger partial charge in [-0.2, -0.15) is 0 Å². The summed E-state index contributed by atoms with van der Waals surface area (Å²) in [6.45, 7) is 7.40. The molecule has 46 heavy (non-hydrogen) atoms. The molecule has 0 rings (SSSR count). The normalized spacial score (nSPS) is 12.3. The smallest absolute Gasteiger partial charge is 0.220 e. The van der Waals surface area contributed by atoms with Crippen LogP contribution in [0.3, 0.4) is 0 Å². The van der Waals surface area contributed by atoms with Crippen molar-refractivity contribution in [2.45, 2.75) is 226 Å². The van der Waals surface area contributed by atoms with E-state index in [1.165, 1.54) is 141 Å². The van der Waals surface area contributed by atoms with Crippen molar-refractivity contribution in [1.29, 1.82) is 0 Å². The van der Waals surface area contributed by atoms with Crippen molar-refractivity contribution < 1.29 is 9.59 Å². The number of amides is 2. The van der Waals surface area contributed by atoms with Crippen LogP contribution in [0, 0.1) is 0 Å². The van der Waals surface area contributed by atoms with Crippen LogP contribution in [0.5, 0.6) is 0 Å². The van der Waals surface area contributed by atoms with E-state index < -0.39 is 0 Å². The molecule has 0 aliphatic carbocycles. The quantitative estimate of drug-likeness (QED) is 0.0526. The molecule has 0 aliphatic rings. The third-order valence-electron chi connectivity index (χ3n) is 9.12. The topological polar surface area (TPSA) is 58.2 Å². The predicted octanol–water partition coefficient (Wildman–Crippen LogP) is 12.9. The number of rotatable bonds is 36. The molecule has 0 radical (unpaired) electrons. The molecule has 0 saturated heterocycles. The average Bonchev–Trinajstić information content (AvgIpc) is 3.04. The second-order valence-corrected chi connectivity index (χ2v) is 14.0. The van der Waals surface area contributed by atoms with Crippen molar-refractivity contribution in [3.05, 3.63) is 24.3 Å². The van der Waals surface area contributed by atoms with Crippen LogP contribution >= 0.6 is 0 Å². The first kappa shape index (κ1) is 44.4. The van der Waals surface area contributed by atoms with Crippen LogP contribution in [0.15, 0.2) is 24.3 Å². The molecule has 4 nitrogen and oxygen atoms in total. The summed E-state index contributed by atoms with van der Waals surface area (Å²) in [6, 6.07) is 0.210. The Labute approximate surface area is 288 Å². The van der Waals surface area contributed by atoms with Gasteiger partial charge in [-0.25, -0.2) is 0 Å². The Morgan fingerprint density at radius 3 is 1.26 bits per heavy atom. The minimum atomic E-state index is 0.193. The lowest BCUT2D eigenvalue weighted by molar-refractivity contribution is -0.122. The number of carbonyl (C=O) groups excluding carboxylic acids is 2. The molecule has 0 bridgehead atoms. The van der Waals surface area contributed by atoms with Crippen molar-refractivity contribution in [3.63, 3.8) is 0 Å². The van der Waals surface area contributed by atoms with Gasteiger partial charge in [-0.3, -0.25) is 9.59 Å². The van der Waals surface area contributed by atoms with Crippen molar-refractivity contribution in [2.75, 3.05) is 6.54 Å². The van der Waals surface area contributed by atoms with E-state index >= 15 is 0 Å². The number of carbonyl (C=O) groups is 2. The van der Waals surface area contributed by atoms with Crippen molar-refractivity contribution in [3.8, 4) is 0 Å². The van der Waals surface area contributed by atoms with E-state index in [1.54, 1.807) is 0 Å². The molecule has 0 aromatic carbocycles. The molecule has 0 unspecified atom stereocenters. The van der Waals surface area contributed by atoms with E-state index in [2.05, 4.69) is 55.7 Å². The van der Waals surface area contributed by atoms with Crippen LogP contribution in [0.2, 0.25) is 0 Å². The molecule has 4 heteroatoms. The van der Waals surface area contributed by atoms with Gasteiger partial charge >= 0.3 is 0 Å². The van der Waals surface area contributed by atoms with Crippen LogP contribution in [0.4, 0.5) is 0 Å². The second-order valence-electron chi connectivity index (χ2n) is 14.0. The van der Waals surface area contributed by atoms with Gasteiger partial charge in [-0.05, 0) is 90.4 Å². The van der Waals surface area contributed by atoms with Crippen LogP contribution in [0.25, 0.3) is 0 Å². The number of unbranched alkanes of at least 4 members (excludes halogenated alkanes) is 23. The van der Waals surface area contributed by atoms with Gasteiger partial charge in [0.1, 0.15) is 0 Å². The third kappa shape index (κ3) is 36.9. The summed E-state index contributed by atoms with van der Waals surface area (Å²) in [6.07, 6.45) is 47.0. The summed E-state index contributed by atoms with van der Waals surface area (Å²) >= 11 is 0. The Kier molecular flexibility index (Phi) is 36.6. The summed E-state index contributed by atoms with van der Waals surface area (Å²) in [5.74, 6) is 0.386. The van der Waals surface area contributed by atoms with Gasteiger partial charge < -0.3 is 10.6 Å².